The lowest BCUT2D eigenvalue weighted by atomic mass is 10.2. The molecule has 1 unspecified atom stereocenters. The zero-order chi connectivity index (χ0) is 16.8. The molecule has 1 atom stereocenters. The number of ether oxygens (including phenoxy) is 1. The van der Waals surface area contributed by atoms with E-state index in [1.807, 2.05) is 23.1 Å². The minimum absolute atomic E-state index is 0.0609. The van der Waals surface area contributed by atoms with Gasteiger partial charge >= 0.3 is 6.01 Å². The quantitative estimate of drug-likeness (QED) is 0.789. The third kappa shape index (κ3) is 4.85. The Morgan fingerprint density at radius 1 is 1.29 bits per heavy atom. The molecule has 0 aliphatic carbocycles. The molecule has 5 nitrogen and oxygen atoms in total. The molecule has 1 aromatic heterocycles. The SMILES string of the molecule is O=C(CSCc1ccccc1)N1CCC(Oc2ncc(Cl)cn2)C1. The van der Waals surface area contributed by atoms with Gasteiger partial charge in [0.2, 0.25) is 5.91 Å². The fraction of sp³-hybridized carbons (Fsp3) is 0.353. The number of rotatable bonds is 6. The van der Waals surface area contributed by atoms with Crippen molar-refractivity contribution in [2.75, 3.05) is 18.8 Å². The standard InChI is InChI=1S/C17H18ClN3O2S/c18-14-8-19-17(20-9-14)23-15-6-7-21(10-15)16(22)12-24-11-13-4-2-1-3-5-13/h1-5,8-9,15H,6-7,10-12H2. The number of halogens is 1. The normalized spacial score (nSPS) is 17.0. The van der Waals surface area contributed by atoms with Gasteiger partial charge in [0.15, 0.2) is 0 Å². The van der Waals surface area contributed by atoms with Crippen molar-refractivity contribution in [1.29, 1.82) is 0 Å². The number of likely N-dealkylation sites (tertiary alicyclic amines) is 1. The second-order valence-corrected chi connectivity index (χ2v) is 6.95. The van der Waals surface area contributed by atoms with E-state index in [0.717, 1.165) is 12.2 Å². The minimum Gasteiger partial charge on any atom is -0.458 e. The molecule has 3 rings (SSSR count). The first-order chi connectivity index (χ1) is 11.7. The van der Waals surface area contributed by atoms with Gasteiger partial charge in [0.05, 0.1) is 29.7 Å². The maximum Gasteiger partial charge on any atom is 0.316 e. The number of nitrogens with zero attached hydrogens (tertiary/aromatic N) is 3. The minimum atomic E-state index is -0.0609. The third-order valence-corrected chi connectivity index (χ3v) is 4.89. The summed E-state index contributed by atoms with van der Waals surface area (Å²) in [5.74, 6) is 1.48. The molecule has 0 radical (unpaired) electrons. The Kier molecular flexibility index (Phi) is 5.93. The zero-order valence-electron chi connectivity index (χ0n) is 13.1. The highest BCUT2D eigenvalue weighted by Gasteiger charge is 2.27. The maximum absolute atomic E-state index is 12.3. The summed E-state index contributed by atoms with van der Waals surface area (Å²) in [6.07, 6.45) is 3.74. The lowest BCUT2D eigenvalue weighted by Gasteiger charge is -2.16. The van der Waals surface area contributed by atoms with Crippen LogP contribution in [-0.4, -0.2) is 45.7 Å². The summed E-state index contributed by atoms with van der Waals surface area (Å²) < 4.78 is 5.70. The average molecular weight is 364 g/mol. The van der Waals surface area contributed by atoms with E-state index in [9.17, 15) is 4.79 Å². The zero-order valence-corrected chi connectivity index (χ0v) is 14.7. The molecule has 0 saturated carbocycles. The van der Waals surface area contributed by atoms with Crippen molar-refractivity contribution in [3.63, 3.8) is 0 Å². The average Bonchev–Trinajstić information content (AvgIpc) is 3.06. The largest absolute Gasteiger partial charge is 0.458 e. The Bertz CT molecular complexity index is 669. The van der Waals surface area contributed by atoms with Crippen molar-refractivity contribution in [3.05, 3.63) is 53.3 Å². The first kappa shape index (κ1) is 17.0. The molecule has 1 aliphatic rings. The summed E-state index contributed by atoms with van der Waals surface area (Å²) in [7, 11) is 0. The molecule has 1 fully saturated rings. The second-order valence-electron chi connectivity index (χ2n) is 5.53. The van der Waals surface area contributed by atoms with Gasteiger partial charge in [0.25, 0.3) is 0 Å². The highest BCUT2D eigenvalue weighted by molar-refractivity contribution is 7.99. The van der Waals surface area contributed by atoms with Gasteiger partial charge in [-0.1, -0.05) is 41.9 Å². The Morgan fingerprint density at radius 2 is 2.04 bits per heavy atom. The highest BCUT2D eigenvalue weighted by Crippen LogP contribution is 2.18. The van der Waals surface area contributed by atoms with Crippen molar-refractivity contribution in [2.24, 2.45) is 0 Å². The topological polar surface area (TPSA) is 55.3 Å². The number of hydrogen-bond acceptors (Lipinski definition) is 5. The smallest absolute Gasteiger partial charge is 0.316 e. The molecule has 0 spiro atoms. The van der Waals surface area contributed by atoms with Gasteiger partial charge in [-0.25, -0.2) is 9.97 Å². The van der Waals surface area contributed by atoms with E-state index in [-0.39, 0.29) is 12.0 Å². The van der Waals surface area contributed by atoms with Crippen molar-refractivity contribution in [1.82, 2.24) is 14.9 Å². The van der Waals surface area contributed by atoms with Crippen LogP contribution in [0.2, 0.25) is 5.02 Å². The Morgan fingerprint density at radius 3 is 2.79 bits per heavy atom. The molecular weight excluding hydrogens is 346 g/mol. The summed E-state index contributed by atoms with van der Waals surface area (Å²) in [5.41, 5.74) is 1.23. The van der Waals surface area contributed by atoms with Crippen molar-refractivity contribution < 1.29 is 9.53 Å². The van der Waals surface area contributed by atoms with Crippen LogP contribution in [0.25, 0.3) is 0 Å². The Hall–Kier alpha value is -1.79. The predicted molar refractivity (Wildman–Crippen MR) is 95.3 cm³/mol. The maximum atomic E-state index is 12.3. The van der Waals surface area contributed by atoms with Crippen molar-refractivity contribution in [3.8, 4) is 6.01 Å². The number of thioether (sulfide) groups is 1. The van der Waals surface area contributed by atoms with E-state index in [0.29, 0.717) is 29.9 Å². The van der Waals surface area contributed by atoms with E-state index in [1.165, 1.54) is 18.0 Å². The van der Waals surface area contributed by atoms with E-state index in [1.54, 1.807) is 11.8 Å². The number of hydrogen-bond donors (Lipinski definition) is 0. The summed E-state index contributed by atoms with van der Waals surface area (Å²) >= 11 is 7.39. The third-order valence-electron chi connectivity index (χ3n) is 3.70. The fourth-order valence-corrected chi connectivity index (χ4v) is 3.47. The van der Waals surface area contributed by atoms with Gasteiger partial charge in [-0.15, -0.1) is 11.8 Å². The molecular formula is C17H18ClN3O2S. The van der Waals surface area contributed by atoms with Gasteiger partial charge in [-0.05, 0) is 5.56 Å². The molecule has 1 aliphatic heterocycles. The van der Waals surface area contributed by atoms with E-state index >= 15 is 0 Å². The van der Waals surface area contributed by atoms with E-state index in [2.05, 4.69) is 22.1 Å². The summed E-state index contributed by atoms with van der Waals surface area (Å²) in [5, 5.41) is 0.473. The van der Waals surface area contributed by atoms with Crippen LogP contribution < -0.4 is 4.74 Å². The lowest BCUT2D eigenvalue weighted by molar-refractivity contribution is -0.127. The van der Waals surface area contributed by atoms with Crippen LogP contribution >= 0.6 is 23.4 Å². The van der Waals surface area contributed by atoms with Crippen molar-refractivity contribution >= 4 is 29.3 Å². The van der Waals surface area contributed by atoms with Crippen LogP contribution in [0.5, 0.6) is 6.01 Å². The van der Waals surface area contributed by atoms with Crippen LogP contribution in [-0.2, 0) is 10.5 Å². The summed E-state index contributed by atoms with van der Waals surface area (Å²) in [6, 6.07) is 10.5. The number of amides is 1. The molecule has 1 saturated heterocycles. The predicted octanol–water partition coefficient (Wildman–Crippen LogP) is 3.04. The second kappa shape index (κ2) is 8.35. The number of carbonyl (C=O) groups is 1. The first-order valence-electron chi connectivity index (χ1n) is 7.74. The van der Waals surface area contributed by atoms with Crippen LogP contribution in [0, 0.1) is 0 Å². The van der Waals surface area contributed by atoms with Gasteiger partial charge in [0.1, 0.15) is 6.10 Å². The number of benzene rings is 1. The molecule has 1 aromatic carbocycles. The molecule has 126 valence electrons. The van der Waals surface area contributed by atoms with Crippen LogP contribution in [0.4, 0.5) is 0 Å². The lowest BCUT2D eigenvalue weighted by Crippen LogP contribution is -2.32. The molecule has 7 heteroatoms. The van der Waals surface area contributed by atoms with Crippen molar-refractivity contribution in [2.45, 2.75) is 18.3 Å². The number of aromatic nitrogens is 2. The monoisotopic (exact) mass is 363 g/mol. The van der Waals surface area contributed by atoms with Gasteiger partial charge in [-0.2, -0.15) is 0 Å². The van der Waals surface area contributed by atoms with E-state index in [4.69, 9.17) is 16.3 Å². The molecule has 2 aromatic rings. The van der Waals surface area contributed by atoms with Gasteiger partial charge < -0.3 is 9.64 Å². The molecule has 24 heavy (non-hydrogen) atoms. The molecule has 1 amide bonds. The molecule has 0 N–H and O–H groups in total. The van der Waals surface area contributed by atoms with Gasteiger partial charge in [0, 0.05) is 18.7 Å². The van der Waals surface area contributed by atoms with Crippen LogP contribution in [0.1, 0.15) is 12.0 Å². The Balaban J connectivity index is 1.41. The summed E-state index contributed by atoms with van der Waals surface area (Å²) in [6.45, 7) is 1.29. The molecule has 2 heterocycles. The molecule has 0 bridgehead atoms. The Labute approximate surface area is 150 Å². The fourth-order valence-electron chi connectivity index (χ4n) is 2.48. The summed E-state index contributed by atoms with van der Waals surface area (Å²) in [4.78, 5) is 22.2. The van der Waals surface area contributed by atoms with Gasteiger partial charge in [-0.3, -0.25) is 4.79 Å². The number of carbonyl (C=O) groups excluding carboxylic acids is 1. The first-order valence-corrected chi connectivity index (χ1v) is 9.27. The van der Waals surface area contributed by atoms with E-state index < -0.39 is 0 Å². The highest BCUT2D eigenvalue weighted by atomic mass is 35.5. The van der Waals surface area contributed by atoms with Crippen LogP contribution in [0.15, 0.2) is 42.7 Å². The van der Waals surface area contributed by atoms with Crippen LogP contribution in [0.3, 0.4) is 0 Å².